The Morgan fingerprint density at radius 1 is 1.56 bits per heavy atom. The molecular weight excluding hydrogens is 238 g/mol. The lowest BCUT2D eigenvalue weighted by atomic mass is 10.2. The van der Waals surface area contributed by atoms with E-state index in [1.165, 1.54) is 6.26 Å². The summed E-state index contributed by atoms with van der Waals surface area (Å²) in [5, 5.41) is 8.72. The first kappa shape index (κ1) is 12.6. The van der Waals surface area contributed by atoms with E-state index in [4.69, 9.17) is 14.3 Å². The summed E-state index contributed by atoms with van der Waals surface area (Å²) in [5.41, 5.74) is 0.779. The highest BCUT2D eigenvalue weighted by atomic mass is 16.5. The fourth-order valence-corrected chi connectivity index (χ4v) is 1.96. The van der Waals surface area contributed by atoms with Crippen LogP contribution in [0.25, 0.3) is 0 Å². The van der Waals surface area contributed by atoms with E-state index in [0.717, 1.165) is 5.56 Å². The quantitative estimate of drug-likeness (QED) is 0.865. The second-order valence-electron chi connectivity index (χ2n) is 4.27. The topological polar surface area (TPSA) is 80.0 Å². The lowest BCUT2D eigenvalue weighted by Crippen LogP contribution is -2.46. The molecule has 0 radical (unpaired) electrons. The van der Waals surface area contributed by atoms with Crippen molar-refractivity contribution in [1.82, 2.24) is 4.90 Å². The molecule has 1 N–H and O–H groups in total. The first-order valence-corrected chi connectivity index (χ1v) is 5.74. The molecule has 1 saturated heterocycles. The number of carboxylic acids is 1. The first-order valence-electron chi connectivity index (χ1n) is 5.74. The van der Waals surface area contributed by atoms with Gasteiger partial charge in [0.2, 0.25) is 0 Å². The van der Waals surface area contributed by atoms with Gasteiger partial charge in [0.1, 0.15) is 0 Å². The summed E-state index contributed by atoms with van der Waals surface area (Å²) in [5.74, 6) is -0.828. The smallest absolute Gasteiger partial charge is 0.306 e. The first-order chi connectivity index (χ1) is 8.58. The van der Waals surface area contributed by atoms with Crippen LogP contribution in [0.3, 0.4) is 0 Å². The van der Waals surface area contributed by atoms with Crippen LogP contribution in [0, 0.1) is 6.92 Å². The Morgan fingerprint density at radius 3 is 2.94 bits per heavy atom. The number of hydrogen-bond donors (Lipinski definition) is 1. The summed E-state index contributed by atoms with van der Waals surface area (Å²) >= 11 is 0. The highest BCUT2D eigenvalue weighted by molar-refractivity contribution is 5.93. The number of carbonyl (C=O) groups is 2. The molecule has 2 heterocycles. The molecule has 18 heavy (non-hydrogen) atoms. The van der Waals surface area contributed by atoms with E-state index < -0.39 is 12.1 Å². The Bertz CT molecular complexity index is 453. The molecule has 0 bridgehead atoms. The summed E-state index contributed by atoms with van der Waals surface area (Å²) < 4.78 is 10.5. The minimum absolute atomic E-state index is 0.0963. The maximum absolute atomic E-state index is 12.1. The maximum atomic E-state index is 12.1. The van der Waals surface area contributed by atoms with Crippen molar-refractivity contribution >= 4 is 11.9 Å². The number of nitrogens with zero attached hydrogens (tertiary/aromatic N) is 1. The van der Waals surface area contributed by atoms with Gasteiger partial charge in [0.25, 0.3) is 5.91 Å². The maximum Gasteiger partial charge on any atom is 0.306 e. The largest absolute Gasteiger partial charge is 0.481 e. The third kappa shape index (κ3) is 2.70. The molecule has 1 fully saturated rings. The molecule has 0 saturated carbocycles. The van der Waals surface area contributed by atoms with Crippen LogP contribution in [0.2, 0.25) is 0 Å². The lowest BCUT2D eigenvalue weighted by molar-refractivity contribution is -0.141. The zero-order valence-corrected chi connectivity index (χ0v) is 10.1. The molecule has 1 atom stereocenters. The molecule has 1 aliphatic rings. The predicted molar refractivity (Wildman–Crippen MR) is 61.3 cm³/mol. The van der Waals surface area contributed by atoms with Gasteiger partial charge in [0.05, 0.1) is 25.4 Å². The summed E-state index contributed by atoms with van der Waals surface area (Å²) in [6.07, 6.45) is 0.925. The van der Waals surface area contributed by atoms with Crippen molar-refractivity contribution in [3.63, 3.8) is 0 Å². The number of morpholine rings is 1. The van der Waals surface area contributed by atoms with Crippen LogP contribution in [-0.2, 0) is 9.53 Å². The van der Waals surface area contributed by atoms with Crippen molar-refractivity contribution in [3.8, 4) is 0 Å². The van der Waals surface area contributed by atoms with Gasteiger partial charge in [0.15, 0.2) is 5.76 Å². The highest BCUT2D eigenvalue weighted by Crippen LogP contribution is 2.16. The normalized spacial score (nSPS) is 19.8. The summed E-state index contributed by atoms with van der Waals surface area (Å²) in [6, 6.07) is 1.72. The molecule has 1 aliphatic heterocycles. The van der Waals surface area contributed by atoms with Crippen LogP contribution in [0.1, 0.15) is 22.5 Å². The van der Waals surface area contributed by atoms with E-state index in [-0.39, 0.29) is 18.9 Å². The van der Waals surface area contributed by atoms with Gasteiger partial charge in [-0.05, 0) is 13.0 Å². The number of amides is 1. The van der Waals surface area contributed by atoms with E-state index in [1.807, 2.05) is 0 Å². The average Bonchev–Trinajstić information content (AvgIpc) is 2.74. The molecule has 1 aromatic heterocycles. The summed E-state index contributed by atoms with van der Waals surface area (Å²) in [6.45, 7) is 2.88. The van der Waals surface area contributed by atoms with Crippen molar-refractivity contribution in [2.24, 2.45) is 0 Å². The third-order valence-electron chi connectivity index (χ3n) is 2.88. The molecule has 0 aliphatic carbocycles. The van der Waals surface area contributed by atoms with E-state index in [9.17, 15) is 9.59 Å². The molecule has 0 aromatic carbocycles. The van der Waals surface area contributed by atoms with Gasteiger partial charge < -0.3 is 19.2 Å². The molecule has 1 amide bonds. The van der Waals surface area contributed by atoms with Gasteiger partial charge in [-0.3, -0.25) is 9.59 Å². The van der Waals surface area contributed by atoms with Crippen LogP contribution in [0.4, 0.5) is 0 Å². The minimum Gasteiger partial charge on any atom is -0.481 e. The lowest BCUT2D eigenvalue weighted by Gasteiger charge is -2.31. The van der Waals surface area contributed by atoms with E-state index in [0.29, 0.717) is 18.9 Å². The second-order valence-corrected chi connectivity index (χ2v) is 4.27. The standard InChI is InChI=1S/C12H15NO5/c1-8-2-4-18-11(8)12(16)13-3-5-17-9(7-13)6-10(14)15/h2,4,9H,3,5-7H2,1H3,(H,14,15)/t9-/m0/s1. The van der Waals surface area contributed by atoms with Gasteiger partial charge >= 0.3 is 5.97 Å². The van der Waals surface area contributed by atoms with Crippen LogP contribution >= 0.6 is 0 Å². The van der Waals surface area contributed by atoms with Gasteiger partial charge in [-0.15, -0.1) is 0 Å². The van der Waals surface area contributed by atoms with Gasteiger partial charge in [0, 0.05) is 18.7 Å². The zero-order valence-electron chi connectivity index (χ0n) is 10.1. The Kier molecular flexibility index (Phi) is 3.66. The van der Waals surface area contributed by atoms with Crippen molar-refractivity contribution in [2.45, 2.75) is 19.4 Å². The van der Waals surface area contributed by atoms with Crippen LogP contribution < -0.4 is 0 Å². The number of aryl methyl sites for hydroxylation is 1. The fourth-order valence-electron chi connectivity index (χ4n) is 1.96. The number of hydrogen-bond acceptors (Lipinski definition) is 4. The minimum atomic E-state index is -0.927. The molecule has 0 unspecified atom stereocenters. The van der Waals surface area contributed by atoms with E-state index in [1.54, 1.807) is 17.9 Å². The van der Waals surface area contributed by atoms with E-state index >= 15 is 0 Å². The molecule has 1 aromatic rings. The molecular formula is C12H15NO5. The molecule has 2 rings (SSSR count). The van der Waals surface area contributed by atoms with Crippen molar-refractivity contribution < 1.29 is 23.8 Å². The monoisotopic (exact) mass is 253 g/mol. The Morgan fingerprint density at radius 2 is 2.33 bits per heavy atom. The number of carbonyl (C=O) groups excluding carboxylic acids is 1. The fraction of sp³-hybridized carbons (Fsp3) is 0.500. The second kappa shape index (κ2) is 5.22. The van der Waals surface area contributed by atoms with Crippen molar-refractivity contribution in [3.05, 3.63) is 23.7 Å². The summed E-state index contributed by atoms with van der Waals surface area (Å²) in [7, 11) is 0. The zero-order chi connectivity index (χ0) is 13.1. The Labute approximate surface area is 104 Å². The van der Waals surface area contributed by atoms with Crippen LogP contribution in [-0.4, -0.2) is 47.7 Å². The van der Waals surface area contributed by atoms with E-state index in [2.05, 4.69) is 0 Å². The number of aliphatic carboxylic acids is 1. The average molecular weight is 253 g/mol. The van der Waals surface area contributed by atoms with Crippen molar-refractivity contribution in [1.29, 1.82) is 0 Å². The molecule has 0 spiro atoms. The SMILES string of the molecule is Cc1ccoc1C(=O)N1CCO[C@@H](CC(=O)O)C1. The van der Waals surface area contributed by atoms with Gasteiger partial charge in [-0.2, -0.15) is 0 Å². The molecule has 6 heteroatoms. The number of carboxylic acid groups (broad SMARTS) is 1. The van der Waals surface area contributed by atoms with Crippen LogP contribution in [0.15, 0.2) is 16.7 Å². The summed E-state index contributed by atoms with van der Waals surface area (Å²) in [4.78, 5) is 24.3. The van der Waals surface area contributed by atoms with Crippen LogP contribution in [0.5, 0.6) is 0 Å². The Hall–Kier alpha value is -1.82. The number of ether oxygens (including phenoxy) is 1. The highest BCUT2D eigenvalue weighted by Gasteiger charge is 2.28. The predicted octanol–water partition coefficient (Wildman–Crippen LogP) is 0.904. The third-order valence-corrected chi connectivity index (χ3v) is 2.88. The van der Waals surface area contributed by atoms with Crippen molar-refractivity contribution in [2.75, 3.05) is 19.7 Å². The van der Waals surface area contributed by atoms with Gasteiger partial charge in [-0.1, -0.05) is 0 Å². The van der Waals surface area contributed by atoms with Gasteiger partial charge in [-0.25, -0.2) is 0 Å². The number of furan rings is 1. The molecule has 6 nitrogen and oxygen atoms in total. The molecule has 98 valence electrons. The number of rotatable bonds is 3. The Balaban J connectivity index is 2.03.